The molecule has 0 spiro atoms. The van der Waals surface area contributed by atoms with Crippen LogP contribution in [0.2, 0.25) is 0 Å². The van der Waals surface area contributed by atoms with Crippen molar-refractivity contribution in [2.45, 2.75) is 13.0 Å². The summed E-state index contributed by atoms with van der Waals surface area (Å²) in [6.07, 6.45) is 5.12. The summed E-state index contributed by atoms with van der Waals surface area (Å²) in [5.74, 6) is 1.47. The van der Waals surface area contributed by atoms with Crippen LogP contribution in [-0.4, -0.2) is 60.8 Å². The molecule has 6 nitrogen and oxygen atoms in total. The van der Waals surface area contributed by atoms with Crippen LogP contribution in [-0.2, 0) is 11.3 Å². The van der Waals surface area contributed by atoms with Gasteiger partial charge in [0, 0.05) is 44.1 Å². The Labute approximate surface area is 144 Å². The first kappa shape index (κ1) is 19.4. The number of morpholine rings is 1. The highest BCUT2D eigenvalue weighted by atomic mass is 35.5. The van der Waals surface area contributed by atoms with E-state index in [1.807, 2.05) is 12.4 Å². The molecular weight excluding hydrogens is 325 g/mol. The van der Waals surface area contributed by atoms with E-state index < -0.39 is 0 Å². The second-order valence-electron chi connectivity index (χ2n) is 5.62. The van der Waals surface area contributed by atoms with Gasteiger partial charge in [-0.2, -0.15) is 0 Å². The van der Waals surface area contributed by atoms with E-state index in [2.05, 4.69) is 19.8 Å². The van der Waals surface area contributed by atoms with Crippen LogP contribution in [0.25, 0.3) is 0 Å². The van der Waals surface area contributed by atoms with Crippen molar-refractivity contribution >= 4 is 30.8 Å². The molecule has 2 aliphatic heterocycles. The van der Waals surface area contributed by atoms with Crippen LogP contribution in [0.1, 0.15) is 12.0 Å². The Morgan fingerprint density at radius 1 is 1.14 bits per heavy atom. The van der Waals surface area contributed by atoms with Crippen LogP contribution in [0.15, 0.2) is 12.4 Å². The lowest BCUT2D eigenvalue weighted by atomic mass is 10.1. The minimum Gasteiger partial charge on any atom is -0.378 e. The summed E-state index contributed by atoms with van der Waals surface area (Å²) in [5.41, 5.74) is 6.91. The maximum Gasteiger partial charge on any atom is 0.225 e. The molecule has 0 radical (unpaired) electrons. The molecule has 0 aliphatic carbocycles. The third-order valence-corrected chi connectivity index (χ3v) is 4.10. The molecule has 0 saturated carbocycles. The predicted molar refractivity (Wildman–Crippen MR) is 92.0 cm³/mol. The van der Waals surface area contributed by atoms with Gasteiger partial charge in [0.05, 0.1) is 13.2 Å². The van der Waals surface area contributed by atoms with Gasteiger partial charge in [0.25, 0.3) is 0 Å². The first-order valence-electron chi connectivity index (χ1n) is 7.41. The molecule has 8 heteroatoms. The molecule has 126 valence electrons. The number of likely N-dealkylation sites (tertiary alicyclic amines) is 1. The van der Waals surface area contributed by atoms with Gasteiger partial charge in [0.1, 0.15) is 0 Å². The number of aromatic nitrogens is 2. The normalized spacial score (nSPS) is 22.0. The van der Waals surface area contributed by atoms with Crippen molar-refractivity contribution in [1.29, 1.82) is 0 Å². The van der Waals surface area contributed by atoms with Gasteiger partial charge < -0.3 is 15.4 Å². The lowest BCUT2D eigenvalue weighted by Crippen LogP contribution is -2.37. The number of nitrogens with two attached hydrogens (primary N) is 1. The summed E-state index contributed by atoms with van der Waals surface area (Å²) in [5, 5.41) is 0. The molecule has 2 fully saturated rings. The summed E-state index contributed by atoms with van der Waals surface area (Å²) < 4.78 is 5.34. The van der Waals surface area contributed by atoms with E-state index in [0.29, 0.717) is 5.92 Å². The number of ether oxygens (including phenoxy) is 1. The zero-order valence-electron chi connectivity index (χ0n) is 12.7. The number of hydrogen-bond donors (Lipinski definition) is 1. The molecule has 22 heavy (non-hydrogen) atoms. The molecule has 1 atom stereocenters. The smallest absolute Gasteiger partial charge is 0.225 e. The van der Waals surface area contributed by atoms with E-state index in [1.165, 1.54) is 12.0 Å². The van der Waals surface area contributed by atoms with Crippen molar-refractivity contribution in [2.24, 2.45) is 11.7 Å². The molecule has 1 aromatic heterocycles. The number of rotatable bonds is 4. The summed E-state index contributed by atoms with van der Waals surface area (Å²) >= 11 is 0. The number of hydrogen-bond acceptors (Lipinski definition) is 6. The summed E-state index contributed by atoms with van der Waals surface area (Å²) in [6.45, 7) is 7.24. The molecule has 0 aromatic carbocycles. The number of nitrogens with zero attached hydrogens (tertiary/aromatic N) is 4. The van der Waals surface area contributed by atoms with Crippen LogP contribution in [0, 0.1) is 5.92 Å². The molecule has 2 N–H and O–H groups in total. The molecular formula is C14H25Cl2N5O. The second kappa shape index (κ2) is 9.47. The van der Waals surface area contributed by atoms with Gasteiger partial charge in [-0.1, -0.05) is 0 Å². The predicted octanol–water partition coefficient (Wildman–Crippen LogP) is 0.937. The minimum atomic E-state index is 0. The van der Waals surface area contributed by atoms with Crippen molar-refractivity contribution in [3.05, 3.63) is 18.0 Å². The highest BCUT2D eigenvalue weighted by Gasteiger charge is 2.21. The fourth-order valence-corrected chi connectivity index (χ4v) is 2.86. The highest BCUT2D eigenvalue weighted by molar-refractivity contribution is 5.85. The summed E-state index contributed by atoms with van der Waals surface area (Å²) in [7, 11) is 0. The van der Waals surface area contributed by atoms with E-state index in [4.69, 9.17) is 10.5 Å². The van der Waals surface area contributed by atoms with E-state index in [1.54, 1.807) is 0 Å². The van der Waals surface area contributed by atoms with E-state index in [0.717, 1.165) is 58.4 Å². The topological polar surface area (TPSA) is 67.5 Å². The number of halogens is 2. The van der Waals surface area contributed by atoms with Gasteiger partial charge in [-0.25, -0.2) is 9.97 Å². The van der Waals surface area contributed by atoms with Crippen molar-refractivity contribution in [3.8, 4) is 0 Å². The highest BCUT2D eigenvalue weighted by Crippen LogP contribution is 2.17. The molecule has 0 bridgehead atoms. The van der Waals surface area contributed by atoms with Crippen LogP contribution >= 0.6 is 24.8 Å². The second-order valence-corrected chi connectivity index (χ2v) is 5.62. The van der Waals surface area contributed by atoms with Gasteiger partial charge in [0.2, 0.25) is 5.95 Å². The molecule has 2 saturated heterocycles. The van der Waals surface area contributed by atoms with Gasteiger partial charge in [-0.15, -0.1) is 24.8 Å². The summed E-state index contributed by atoms with van der Waals surface area (Å²) in [6, 6.07) is 0. The van der Waals surface area contributed by atoms with Gasteiger partial charge in [-0.05, 0) is 25.4 Å². The standard InChI is InChI=1S/C14H23N5O.2ClH/c15-7-12-1-2-18(10-12)11-13-8-16-14(17-9-13)19-3-5-20-6-4-19;;/h8-9,12H,1-7,10-11,15H2;2*1H. The van der Waals surface area contributed by atoms with E-state index in [-0.39, 0.29) is 24.8 Å². The van der Waals surface area contributed by atoms with Crippen molar-refractivity contribution in [1.82, 2.24) is 14.9 Å². The molecule has 1 unspecified atom stereocenters. The Kier molecular flexibility index (Phi) is 8.35. The van der Waals surface area contributed by atoms with Crippen molar-refractivity contribution in [3.63, 3.8) is 0 Å². The third kappa shape index (κ3) is 4.93. The van der Waals surface area contributed by atoms with Crippen LogP contribution < -0.4 is 10.6 Å². The average molecular weight is 350 g/mol. The van der Waals surface area contributed by atoms with E-state index >= 15 is 0 Å². The Balaban J connectivity index is 0.00000121. The SMILES string of the molecule is Cl.Cl.NCC1CCN(Cc2cnc(N3CCOCC3)nc2)C1. The van der Waals surface area contributed by atoms with Crippen LogP contribution in [0.5, 0.6) is 0 Å². The van der Waals surface area contributed by atoms with E-state index in [9.17, 15) is 0 Å². The zero-order chi connectivity index (χ0) is 13.8. The summed E-state index contributed by atoms with van der Waals surface area (Å²) in [4.78, 5) is 13.6. The largest absolute Gasteiger partial charge is 0.378 e. The average Bonchev–Trinajstić information content (AvgIpc) is 2.97. The van der Waals surface area contributed by atoms with Crippen molar-refractivity contribution in [2.75, 3.05) is 50.8 Å². The van der Waals surface area contributed by atoms with Crippen molar-refractivity contribution < 1.29 is 4.74 Å². The fourth-order valence-electron chi connectivity index (χ4n) is 2.86. The molecule has 0 amide bonds. The lowest BCUT2D eigenvalue weighted by molar-refractivity contribution is 0.122. The van der Waals surface area contributed by atoms with Crippen LogP contribution in [0.4, 0.5) is 5.95 Å². The monoisotopic (exact) mass is 349 g/mol. The first-order valence-corrected chi connectivity index (χ1v) is 7.41. The van der Waals surface area contributed by atoms with Gasteiger partial charge in [0.15, 0.2) is 0 Å². The number of anilines is 1. The molecule has 1 aromatic rings. The first-order chi connectivity index (χ1) is 9.85. The third-order valence-electron chi connectivity index (χ3n) is 4.10. The molecule has 3 rings (SSSR count). The Hall–Kier alpha value is -0.660. The minimum absolute atomic E-state index is 0. The quantitative estimate of drug-likeness (QED) is 0.872. The zero-order valence-corrected chi connectivity index (χ0v) is 14.3. The Morgan fingerprint density at radius 2 is 1.82 bits per heavy atom. The molecule has 2 aliphatic rings. The maximum atomic E-state index is 5.72. The maximum absolute atomic E-state index is 5.72. The fraction of sp³-hybridized carbons (Fsp3) is 0.714. The lowest BCUT2D eigenvalue weighted by Gasteiger charge is -2.26. The Morgan fingerprint density at radius 3 is 2.41 bits per heavy atom. The van der Waals surface area contributed by atoms with Crippen LogP contribution in [0.3, 0.4) is 0 Å². The Bertz CT molecular complexity index is 428. The van der Waals surface area contributed by atoms with Gasteiger partial charge in [-0.3, -0.25) is 4.90 Å². The van der Waals surface area contributed by atoms with Gasteiger partial charge >= 0.3 is 0 Å². The molecule has 3 heterocycles.